The Hall–Kier alpha value is -2.03. The summed E-state index contributed by atoms with van der Waals surface area (Å²) in [5, 5.41) is 2.93. The van der Waals surface area contributed by atoms with Crippen molar-refractivity contribution in [3.8, 4) is 5.75 Å². The Morgan fingerprint density at radius 1 is 1.00 bits per heavy atom. The van der Waals surface area contributed by atoms with Crippen LogP contribution in [0, 0.1) is 0 Å². The van der Waals surface area contributed by atoms with Gasteiger partial charge in [0.25, 0.3) is 0 Å². The summed E-state index contributed by atoms with van der Waals surface area (Å²) in [6.45, 7) is 0. The first-order valence-electron chi connectivity index (χ1n) is 6.77. The molecule has 2 N–H and O–H groups in total. The molecule has 21 heavy (non-hydrogen) atoms. The van der Waals surface area contributed by atoms with Crippen LogP contribution in [0.2, 0.25) is 5.02 Å². The second kappa shape index (κ2) is 5.76. The molecule has 1 unspecified atom stereocenters. The van der Waals surface area contributed by atoms with Crippen molar-refractivity contribution >= 4 is 22.4 Å². The van der Waals surface area contributed by atoms with Crippen molar-refractivity contribution in [2.75, 3.05) is 7.11 Å². The highest BCUT2D eigenvalue weighted by atomic mass is 35.5. The molecule has 3 rings (SSSR count). The third kappa shape index (κ3) is 2.60. The lowest BCUT2D eigenvalue weighted by Crippen LogP contribution is -2.12. The van der Waals surface area contributed by atoms with Crippen molar-refractivity contribution in [3.63, 3.8) is 0 Å². The molecule has 0 aliphatic carbocycles. The van der Waals surface area contributed by atoms with Crippen LogP contribution in [0.5, 0.6) is 5.75 Å². The zero-order valence-electron chi connectivity index (χ0n) is 11.7. The van der Waals surface area contributed by atoms with Gasteiger partial charge in [-0.25, -0.2) is 0 Å². The largest absolute Gasteiger partial charge is 0.495 e. The number of benzene rings is 3. The van der Waals surface area contributed by atoms with Gasteiger partial charge in [-0.05, 0) is 34.0 Å². The number of rotatable bonds is 3. The summed E-state index contributed by atoms with van der Waals surface area (Å²) in [4.78, 5) is 0. The molecule has 106 valence electrons. The van der Waals surface area contributed by atoms with E-state index in [-0.39, 0.29) is 6.04 Å². The first-order chi connectivity index (χ1) is 10.2. The fourth-order valence-electron chi connectivity index (χ4n) is 2.58. The Balaban J connectivity index is 2.08. The molecule has 0 aliphatic rings. The minimum Gasteiger partial charge on any atom is -0.495 e. The Morgan fingerprint density at radius 3 is 2.52 bits per heavy atom. The van der Waals surface area contributed by atoms with Crippen LogP contribution >= 0.6 is 11.6 Å². The number of hydrogen-bond donors (Lipinski definition) is 1. The van der Waals surface area contributed by atoms with E-state index in [1.807, 2.05) is 36.4 Å². The first-order valence-corrected chi connectivity index (χ1v) is 7.15. The highest BCUT2D eigenvalue weighted by Gasteiger charge is 2.13. The zero-order chi connectivity index (χ0) is 14.8. The predicted molar refractivity (Wildman–Crippen MR) is 88.0 cm³/mol. The number of nitrogens with two attached hydrogens (primary N) is 1. The van der Waals surface area contributed by atoms with E-state index in [0.29, 0.717) is 10.8 Å². The smallest absolute Gasteiger partial charge is 0.137 e. The van der Waals surface area contributed by atoms with Crippen LogP contribution in [0.4, 0.5) is 0 Å². The van der Waals surface area contributed by atoms with E-state index in [9.17, 15) is 0 Å². The van der Waals surface area contributed by atoms with Gasteiger partial charge >= 0.3 is 0 Å². The van der Waals surface area contributed by atoms with Gasteiger partial charge < -0.3 is 10.5 Å². The number of hydrogen-bond acceptors (Lipinski definition) is 2. The van der Waals surface area contributed by atoms with E-state index in [4.69, 9.17) is 22.1 Å². The minimum absolute atomic E-state index is 0.223. The maximum atomic E-state index is 6.44. The summed E-state index contributed by atoms with van der Waals surface area (Å²) in [5.41, 5.74) is 8.50. The highest BCUT2D eigenvalue weighted by molar-refractivity contribution is 6.32. The molecule has 2 nitrogen and oxygen atoms in total. The Bertz CT molecular complexity index is 780. The average Bonchev–Trinajstić information content (AvgIpc) is 2.53. The first kappa shape index (κ1) is 13.9. The van der Waals surface area contributed by atoms with Crippen molar-refractivity contribution in [2.24, 2.45) is 5.73 Å². The number of halogens is 1. The number of ether oxygens (including phenoxy) is 1. The van der Waals surface area contributed by atoms with E-state index in [2.05, 4.69) is 24.3 Å². The average molecular weight is 298 g/mol. The molecule has 0 radical (unpaired) electrons. The van der Waals surface area contributed by atoms with Gasteiger partial charge in [0, 0.05) is 0 Å². The van der Waals surface area contributed by atoms with Crippen molar-refractivity contribution in [2.45, 2.75) is 6.04 Å². The summed E-state index contributed by atoms with van der Waals surface area (Å²) in [5.74, 6) is 0.658. The molecule has 0 fully saturated rings. The van der Waals surface area contributed by atoms with E-state index >= 15 is 0 Å². The fourth-order valence-corrected chi connectivity index (χ4v) is 2.84. The molecule has 0 heterocycles. The maximum absolute atomic E-state index is 6.44. The van der Waals surface area contributed by atoms with Gasteiger partial charge in [-0.3, -0.25) is 0 Å². The van der Waals surface area contributed by atoms with Crippen LogP contribution < -0.4 is 10.5 Å². The van der Waals surface area contributed by atoms with E-state index in [1.54, 1.807) is 7.11 Å². The van der Waals surface area contributed by atoms with Gasteiger partial charge in [-0.2, -0.15) is 0 Å². The molecular formula is C18H16ClNO. The number of methoxy groups -OCH3 is 1. The van der Waals surface area contributed by atoms with Crippen LogP contribution in [0.25, 0.3) is 10.8 Å². The van der Waals surface area contributed by atoms with Crippen molar-refractivity contribution in [1.29, 1.82) is 0 Å². The van der Waals surface area contributed by atoms with E-state index < -0.39 is 0 Å². The maximum Gasteiger partial charge on any atom is 0.137 e. The topological polar surface area (TPSA) is 35.2 Å². The lowest BCUT2D eigenvalue weighted by Gasteiger charge is -2.16. The van der Waals surface area contributed by atoms with Crippen LogP contribution in [-0.4, -0.2) is 7.11 Å². The monoisotopic (exact) mass is 297 g/mol. The molecule has 0 aliphatic heterocycles. The predicted octanol–water partition coefficient (Wildman–Crippen LogP) is 4.55. The molecule has 0 amide bonds. The van der Waals surface area contributed by atoms with Gasteiger partial charge in [-0.15, -0.1) is 0 Å². The Kier molecular flexibility index (Phi) is 3.82. The highest BCUT2D eigenvalue weighted by Crippen LogP contribution is 2.31. The summed E-state index contributed by atoms with van der Waals surface area (Å²) in [6, 6.07) is 19.9. The summed E-state index contributed by atoms with van der Waals surface area (Å²) < 4.78 is 5.18. The SMILES string of the molecule is COc1ccc(C(N)c2cccc3ccccc23)cc1Cl. The molecule has 0 aromatic heterocycles. The van der Waals surface area contributed by atoms with Gasteiger partial charge in [0.15, 0.2) is 0 Å². The third-order valence-electron chi connectivity index (χ3n) is 3.69. The minimum atomic E-state index is -0.223. The van der Waals surface area contributed by atoms with Gasteiger partial charge in [0.1, 0.15) is 5.75 Å². The summed E-state index contributed by atoms with van der Waals surface area (Å²) in [7, 11) is 1.60. The molecule has 0 saturated heterocycles. The Labute approximate surface area is 129 Å². The van der Waals surface area contributed by atoms with Crippen LogP contribution in [0.1, 0.15) is 17.2 Å². The zero-order valence-corrected chi connectivity index (χ0v) is 12.5. The van der Waals surface area contributed by atoms with Crippen molar-refractivity contribution in [1.82, 2.24) is 0 Å². The van der Waals surface area contributed by atoms with Gasteiger partial charge in [0.05, 0.1) is 18.2 Å². The normalized spacial score (nSPS) is 12.3. The van der Waals surface area contributed by atoms with E-state index in [1.165, 1.54) is 10.8 Å². The molecular weight excluding hydrogens is 282 g/mol. The van der Waals surface area contributed by atoms with Crippen LogP contribution in [0.15, 0.2) is 60.7 Å². The van der Waals surface area contributed by atoms with Crippen molar-refractivity contribution < 1.29 is 4.74 Å². The fraction of sp³-hybridized carbons (Fsp3) is 0.111. The molecule has 3 heteroatoms. The van der Waals surface area contributed by atoms with E-state index in [0.717, 1.165) is 11.1 Å². The Morgan fingerprint density at radius 2 is 1.76 bits per heavy atom. The number of fused-ring (bicyclic) bond motifs is 1. The van der Waals surface area contributed by atoms with Crippen LogP contribution in [-0.2, 0) is 0 Å². The van der Waals surface area contributed by atoms with Gasteiger partial charge in [0.2, 0.25) is 0 Å². The lowest BCUT2D eigenvalue weighted by atomic mass is 9.94. The van der Waals surface area contributed by atoms with Crippen molar-refractivity contribution in [3.05, 3.63) is 76.8 Å². The lowest BCUT2D eigenvalue weighted by molar-refractivity contribution is 0.415. The molecule has 3 aromatic carbocycles. The quantitative estimate of drug-likeness (QED) is 0.770. The van der Waals surface area contributed by atoms with Crippen LogP contribution in [0.3, 0.4) is 0 Å². The molecule has 0 bridgehead atoms. The standard InChI is InChI=1S/C18H16ClNO/c1-21-17-10-9-13(11-16(17)19)18(20)15-8-4-6-12-5-2-3-7-14(12)15/h2-11,18H,20H2,1H3. The van der Waals surface area contributed by atoms with Gasteiger partial charge in [-0.1, -0.05) is 60.1 Å². The second-order valence-corrected chi connectivity index (χ2v) is 5.35. The summed E-state index contributed by atoms with van der Waals surface area (Å²) >= 11 is 6.20. The molecule has 1 atom stereocenters. The molecule has 3 aromatic rings. The summed E-state index contributed by atoms with van der Waals surface area (Å²) in [6.07, 6.45) is 0. The third-order valence-corrected chi connectivity index (χ3v) is 3.99. The molecule has 0 saturated carbocycles. The molecule has 0 spiro atoms. The second-order valence-electron chi connectivity index (χ2n) is 4.94.